The summed E-state index contributed by atoms with van der Waals surface area (Å²) >= 11 is 0. The zero-order valence-electron chi connectivity index (χ0n) is 15.5. The molecule has 0 radical (unpaired) electrons. The fourth-order valence-corrected chi connectivity index (χ4v) is 2.44. The summed E-state index contributed by atoms with van der Waals surface area (Å²) in [7, 11) is -1.85. The van der Waals surface area contributed by atoms with Crippen LogP contribution < -0.4 is 5.32 Å². The van der Waals surface area contributed by atoms with Gasteiger partial charge in [0.05, 0.1) is 12.6 Å². The van der Waals surface area contributed by atoms with E-state index < -0.39 is 20.0 Å². The van der Waals surface area contributed by atoms with Gasteiger partial charge in [0, 0.05) is 0 Å². The van der Waals surface area contributed by atoms with Gasteiger partial charge in [-0.15, -0.1) is 5.73 Å². The summed E-state index contributed by atoms with van der Waals surface area (Å²) in [5.41, 5.74) is 2.23. The topological polar surface area (TPSA) is 47.6 Å². The second kappa shape index (κ2) is 8.00. The van der Waals surface area contributed by atoms with Crippen molar-refractivity contribution in [2.24, 2.45) is 0 Å². The number of hydrogen-bond donors (Lipinski definition) is 1. The molecule has 0 heterocycles. The number of hydrogen-bond acceptors (Lipinski definition) is 3. The summed E-state index contributed by atoms with van der Waals surface area (Å²) in [5, 5.41) is 3.01. The Bertz CT molecular complexity index is 413. The van der Waals surface area contributed by atoms with Crippen LogP contribution in [0, 0.1) is 0 Å². The number of amides is 1. The largest absolute Gasteiger partial charge is 0.444 e. The molecule has 22 heavy (non-hydrogen) atoms. The van der Waals surface area contributed by atoms with E-state index in [0.29, 0.717) is 13.0 Å². The van der Waals surface area contributed by atoms with Gasteiger partial charge < -0.3 is 14.5 Å². The molecule has 0 spiro atoms. The zero-order valence-corrected chi connectivity index (χ0v) is 16.5. The summed E-state index contributed by atoms with van der Waals surface area (Å²) in [6, 6.07) is -0.141. The van der Waals surface area contributed by atoms with E-state index in [0.717, 1.165) is 0 Å². The molecule has 0 aromatic carbocycles. The van der Waals surface area contributed by atoms with Crippen LogP contribution in [-0.2, 0) is 9.16 Å². The van der Waals surface area contributed by atoms with Crippen molar-refractivity contribution in [1.82, 2.24) is 5.32 Å². The zero-order chi connectivity index (χ0) is 17.6. The molecule has 0 aromatic heterocycles. The van der Waals surface area contributed by atoms with E-state index >= 15 is 0 Å². The Labute approximate surface area is 137 Å². The third-order valence-corrected chi connectivity index (χ3v) is 8.22. The Balaban J connectivity index is 4.72. The molecule has 0 rings (SSSR count). The van der Waals surface area contributed by atoms with E-state index in [1.807, 2.05) is 20.8 Å². The average molecular weight is 328 g/mol. The molecule has 4 nitrogen and oxygen atoms in total. The first-order valence-corrected chi connectivity index (χ1v) is 10.7. The Hall–Kier alpha value is -1.03. The van der Waals surface area contributed by atoms with Gasteiger partial charge in [-0.1, -0.05) is 27.4 Å². The lowest BCUT2D eigenvalue weighted by Crippen LogP contribution is -2.47. The first-order valence-electron chi connectivity index (χ1n) is 7.76. The minimum atomic E-state index is -1.85. The van der Waals surface area contributed by atoms with Gasteiger partial charge in [-0.25, -0.2) is 4.79 Å². The lowest BCUT2D eigenvalue weighted by atomic mass is 10.2. The van der Waals surface area contributed by atoms with Gasteiger partial charge in [0.25, 0.3) is 0 Å². The maximum absolute atomic E-state index is 11.9. The van der Waals surface area contributed by atoms with Crippen LogP contribution in [0.3, 0.4) is 0 Å². The second-order valence-electron chi connectivity index (χ2n) is 8.06. The van der Waals surface area contributed by atoms with Gasteiger partial charge >= 0.3 is 6.09 Å². The van der Waals surface area contributed by atoms with E-state index in [1.54, 1.807) is 6.08 Å². The summed E-state index contributed by atoms with van der Waals surface area (Å²) in [5.74, 6) is 0. The van der Waals surface area contributed by atoms with E-state index in [1.165, 1.54) is 0 Å². The fraction of sp³-hybridized carbons (Fsp3) is 0.765. The van der Waals surface area contributed by atoms with Gasteiger partial charge in [-0.2, -0.15) is 0 Å². The van der Waals surface area contributed by atoms with Gasteiger partial charge in [0.2, 0.25) is 0 Å². The normalized spacial score (nSPS) is 14.0. The van der Waals surface area contributed by atoms with Crippen molar-refractivity contribution in [2.45, 2.75) is 77.7 Å². The maximum atomic E-state index is 11.9. The molecule has 5 heteroatoms. The number of nitrogens with one attached hydrogen (secondary N) is 1. The van der Waals surface area contributed by atoms with Gasteiger partial charge in [-0.05, 0) is 51.4 Å². The SMILES string of the molecule is C=C=CC[C@H](CO[Si](C)(C)C(C)(C)C)NC(=O)OC(C)(C)C. The van der Waals surface area contributed by atoms with Gasteiger partial charge in [0.1, 0.15) is 5.60 Å². The summed E-state index contributed by atoms with van der Waals surface area (Å²) in [4.78, 5) is 11.9. The third kappa shape index (κ3) is 8.42. The third-order valence-electron chi connectivity index (χ3n) is 3.72. The minimum absolute atomic E-state index is 0.137. The molecule has 0 fully saturated rings. The maximum Gasteiger partial charge on any atom is 0.407 e. The molecule has 0 aliphatic carbocycles. The van der Waals surface area contributed by atoms with Gasteiger partial charge in [-0.3, -0.25) is 0 Å². The van der Waals surface area contributed by atoms with Crippen molar-refractivity contribution in [2.75, 3.05) is 6.61 Å². The number of ether oxygens (including phenoxy) is 1. The summed E-state index contributed by atoms with van der Waals surface area (Å²) in [6.45, 7) is 20.5. The first-order chi connectivity index (χ1) is 9.78. The highest BCUT2D eigenvalue weighted by Gasteiger charge is 2.37. The van der Waals surface area contributed by atoms with Crippen LogP contribution in [0.1, 0.15) is 48.0 Å². The molecule has 1 N–H and O–H groups in total. The lowest BCUT2D eigenvalue weighted by molar-refractivity contribution is 0.0486. The van der Waals surface area contributed by atoms with Crippen LogP contribution in [0.15, 0.2) is 18.4 Å². The van der Waals surface area contributed by atoms with E-state index in [9.17, 15) is 4.79 Å². The monoisotopic (exact) mass is 327 g/mol. The molecule has 0 aromatic rings. The number of carbonyl (C=O) groups is 1. The Morgan fingerprint density at radius 3 is 2.23 bits per heavy atom. The highest BCUT2D eigenvalue weighted by atomic mass is 28.4. The van der Waals surface area contributed by atoms with Crippen molar-refractivity contribution >= 4 is 14.4 Å². The number of rotatable bonds is 6. The smallest absolute Gasteiger partial charge is 0.407 e. The van der Waals surface area contributed by atoms with E-state index in [2.05, 4.69) is 51.5 Å². The molecule has 1 atom stereocenters. The van der Waals surface area contributed by atoms with Crippen LogP contribution in [0.4, 0.5) is 4.79 Å². The molecule has 0 bridgehead atoms. The Morgan fingerprint density at radius 1 is 1.27 bits per heavy atom. The quantitative estimate of drug-likeness (QED) is 0.571. The molecule has 128 valence electrons. The lowest BCUT2D eigenvalue weighted by Gasteiger charge is -2.37. The fourth-order valence-electron chi connectivity index (χ4n) is 1.39. The van der Waals surface area contributed by atoms with Crippen LogP contribution in [0.5, 0.6) is 0 Å². The number of carbonyl (C=O) groups excluding carboxylic acids is 1. The summed E-state index contributed by atoms with van der Waals surface area (Å²) in [6.07, 6.45) is 2.00. The van der Waals surface area contributed by atoms with E-state index in [4.69, 9.17) is 9.16 Å². The van der Waals surface area contributed by atoms with Crippen molar-refractivity contribution in [3.8, 4) is 0 Å². The van der Waals surface area contributed by atoms with Crippen molar-refractivity contribution in [3.63, 3.8) is 0 Å². The van der Waals surface area contributed by atoms with Crippen LogP contribution in [0.25, 0.3) is 0 Å². The molecule has 0 aliphatic heterocycles. The average Bonchev–Trinajstić information content (AvgIpc) is 2.28. The van der Waals surface area contributed by atoms with Crippen molar-refractivity contribution in [3.05, 3.63) is 18.4 Å². The highest BCUT2D eigenvalue weighted by molar-refractivity contribution is 6.74. The highest BCUT2D eigenvalue weighted by Crippen LogP contribution is 2.36. The predicted octanol–water partition coefficient (Wildman–Crippen LogP) is 4.63. The van der Waals surface area contributed by atoms with Crippen molar-refractivity contribution in [1.29, 1.82) is 0 Å². The predicted molar refractivity (Wildman–Crippen MR) is 94.6 cm³/mol. The Kier molecular flexibility index (Phi) is 7.62. The van der Waals surface area contributed by atoms with E-state index in [-0.39, 0.29) is 11.1 Å². The van der Waals surface area contributed by atoms with Crippen LogP contribution >= 0.6 is 0 Å². The summed E-state index contributed by atoms with van der Waals surface area (Å²) < 4.78 is 11.5. The van der Waals surface area contributed by atoms with Crippen molar-refractivity contribution < 1.29 is 14.0 Å². The second-order valence-corrected chi connectivity index (χ2v) is 12.9. The standard InChI is InChI=1S/C17H33NO3Si/c1-10-11-12-14(18-15(19)21-16(2,3)4)13-20-22(8,9)17(5,6)7/h11,14H,1,12-13H2,2-9H3,(H,18,19)/t14-/m1/s1. The molecule has 0 aliphatic rings. The minimum Gasteiger partial charge on any atom is -0.444 e. The molecule has 0 saturated carbocycles. The number of alkyl carbamates (subject to hydrolysis) is 1. The molecule has 0 unspecified atom stereocenters. The molecule has 0 saturated heterocycles. The van der Waals surface area contributed by atoms with Gasteiger partial charge in [0.15, 0.2) is 8.32 Å². The molecular formula is C17H33NO3Si. The first kappa shape index (κ1) is 21.0. The molecule has 1 amide bonds. The Morgan fingerprint density at radius 2 is 1.82 bits per heavy atom. The van der Waals surface area contributed by atoms with Crippen LogP contribution in [0.2, 0.25) is 18.1 Å². The van der Waals surface area contributed by atoms with Crippen LogP contribution in [-0.4, -0.2) is 32.7 Å². The molecular weight excluding hydrogens is 294 g/mol.